The van der Waals surface area contributed by atoms with Crippen molar-refractivity contribution < 1.29 is 36.5 Å². The minimum atomic E-state index is -5.17. The van der Waals surface area contributed by atoms with Crippen LogP contribution in [0, 0.1) is 20.2 Å². The Labute approximate surface area is 187 Å². The number of aryl methyl sites for hydroxylation is 2. The van der Waals surface area contributed by atoms with Gasteiger partial charge in [0.15, 0.2) is 24.8 Å². The van der Waals surface area contributed by atoms with Crippen LogP contribution >= 0.6 is 0 Å². The summed E-state index contributed by atoms with van der Waals surface area (Å²) in [6.45, 7) is 0. The van der Waals surface area contributed by atoms with Crippen molar-refractivity contribution in [1.82, 2.24) is 0 Å². The van der Waals surface area contributed by atoms with Gasteiger partial charge in [0.25, 0.3) is 11.4 Å². The van der Waals surface area contributed by atoms with E-state index in [1.807, 2.05) is 47.8 Å². The molecule has 0 radical (unpaired) electrons. The number of nitrogens with zero attached hydrogens (tertiary/aromatic N) is 4. The molecule has 2 aromatic carbocycles. The lowest BCUT2D eigenvalue weighted by Gasteiger charge is -2.06. The van der Waals surface area contributed by atoms with Crippen molar-refractivity contribution in [2.45, 2.75) is 0 Å². The van der Waals surface area contributed by atoms with Crippen LogP contribution in [0.15, 0.2) is 73.3 Å². The second-order valence-corrected chi connectivity index (χ2v) is 7.52. The molecule has 13 heteroatoms. The third kappa shape index (κ3) is 7.53. The molecule has 0 saturated heterocycles. The maximum absolute atomic E-state index is 10.7. The van der Waals surface area contributed by atoms with Crippen molar-refractivity contribution >= 4 is 43.3 Å². The number of non-ortho nitro benzene ring substituents is 2. The number of hydrogen-bond acceptors (Lipinski definition) is 8. The van der Waals surface area contributed by atoms with Crippen LogP contribution in [0.25, 0.3) is 21.5 Å². The number of pyridine rings is 2. The van der Waals surface area contributed by atoms with Gasteiger partial charge < -0.3 is 9.11 Å². The van der Waals surface area contributed by atoms with Gasteiger partial charge in [-0.15, -0.1) is 0 Å². The Kier molecular flexibility index (Phi) is 8.01. The van der Waals surface area contributed by atoms with Gasteiger partial charge >= 0.3 is 0 Å². The molecule has 0 atom stereocenters. The second kappa shape index (κ2) is 10.5. The molecule has 12 nitrogen and oxygen atoms in total. The van der Waals surface area contributed by atoms with Gasteiger partial charge in [0.1, 0.15) is 14.1 Å². The summed E-state index contributed by atoms with van der Waals surface area (Å²) in [5.74, 6) is 0. The van der Waals surface area contributed by atoms with Gasteiger partial charge in [-0.3, -0.25) is 28.6 Å². The van der Waals surface area contributed by atoms with E-state index in [9.17, 15) is 20.2 Å². The molecule has 0 aliphatic carbocycles. The summed E-state index contributed by atoms with van der Waals surface area (Å²) in [4.78, 5) is 20.7. The van der Waals surface area contributed by atoms with E-state index in [2.05, 4.69) is 0 Å². The van der Waals surface area contributed by atoms with Crippen molar-refractivity contribution in [3.63, 3.8) is 0 Å². The maximum atomic E-state index is 10.7. The van der Waals surface area contributed by atoms with E-state index < -0.39 is 10.4 Å². The fourth-order valence-electron chi connectivity index (χ4n) is 2.96. The molecular weight excluding hydrogens is 456 g/mol. The molecule has 2 aromatic heterocycles. The van der Waals surface area contributed by atoms with Crippen molar-refractivity contribution in [1.29, 1.82) is 0 Å². The molecule has 0 fully saturated rings. The number of hydrogen-bond donors (Lipinski definition) is 0. The molecule has 0 saturated carbocycles. The molecule has 0 aliphatic heterocycles. The predicted octanol–water partition coefficient (Wildman–Crippen LogP) is 1.81. The highest BCUT2D eigenvalue weighted by molar-refractivity contribution is 7.79. The van der Waals surface area contributed by atoms with Gasteiger partial charge in [0, 0.05) is 34.7 Å². The second-order valence-electron chi connectivity index (χ2n) is 6.70. The zero-order chi connectivity index (χ0) is 24.8. The fraction of sp³-hybridized carbons (Fsp3) is 0.100. The molecule has 4 aromatic rings. The molecule has 0 unspecified atom stereocenters. The smallest absolute Gasteiger partial charge is 0.277 e. The first kappa shape index (κ1) is 25.2. The predicted molar refractivity (Wildman–Crippen MR) is 114 cm³/mol. The van der Waals surface area contributed by atoms with Crippen molar-refractivity contribution in [3.8, 4) is 0 Å². The Morgan fingerprint density at radius 1 is 0.697 bits per heavy atom. The minimum absolute atomic E-state index is 0.156. The van der Waals surface area contributed by atoms with Gasteiger partial charge in [0.05, 0.1) is 31.4 Å². The van der Waals surface area contributed by atoms with E-state index in [1.54, 1.807) is 36.7 Å². The highest BCUT2D eigenvalue weighted by Crippen LogP contribution is 2.24. The molecule has 0 amide bonds. The van der Waals surface area contributed by atoms with Crippen LogP contribution in [0.1, 0.15) is 0 Å². The molecule has 0 bridgehead atoms. The average Bonchev–Trinajstić information content (AvgIpc) is 2.71. The van der Waals surface area contributed by atoms with Gasteiger partial charge in [-0.1, -0.05) is 12.1 Å². The first-order valence-corrected chi connectivity index (χ1v) is 10.4. The van der Waals surface area contributed by atoms with Gasteiger partial charge in [-0.2, -0.15) is 0 Å². The topological polar surface area (TPSA) is 174 Å². The zero-order valence-electron chi connectivity index (χ0n) is 17.4. The summed E-state index contributed by atoms with van der Waals surface area (Å²) < 4.78 is 37.8. The lowest BCUT2D eigenvalue weighted by Crippen LogP contribution is -2.25. The van der Waals surface area contributed by atoms with Crippen LogP contribution in [0.5, 0.6) is 0 Å². The molecule has 172 valence electrons. The molecular formula is C20H18N4O8S. The Hall–Kier alpha value is -4.07. The van der Waals surface area contributed by atoms with E-state index >= 15 is 0 Å². The van der Waals surface area contributed by atoms with Crippen LogP contribution in [0.4, 0.5) is 11.4 Å². The van der Waals surface area contributed by atoms with E-state index in [1.165, 1.54) is 12.1 Å². The minimum Gasteiger partial charge on any atom is -0.759 e. The molecule has 33 heavy (non-hydrogen) atoms. The number of fused-ring (bicyclic) bond motifs is 2. The lowest BCUT2D eigenvalue weighted by molar-refractivity contribution is -0.670. The van der Waals surface area contributed by atoms with E-state index in [0.717, 1.165) is 10.8 Å². The molecule has 2 heterocycles. The lowest BCUT2D eigenvalue weighted by atomic mass is 10.1. The number of rotatable bonds is 2. The summed E-state index contributed by atoms with van der Waals surface area (Å²) in [7, 11) is -1.39. The number of nitro groups is 2. The summed E-state index contributed by atoms with van der Waals surface area (Å²) in [5, 5.41) is 24.5. The first-order valence-electron chi connectivity index (χ1n) is 9.08. The van der Waals surface area contributed by atoms with Gasteiger partial charge in [0.2, 0.25) is 0 Å². The van der Waals surface area contributed by atoms with E-state index in [4.69, 9.17) is 17.5 Å². The molecule has 4 rings (SSSR count). The molecule has 0 aliphatic rings. The third-order valence-corrected chi connectivity index (χ3v) is 4.27. The first-order chi connectivity index (χ1) is 15.4. The van der Waals surface area contributed by atoms with Crippen LogP contribution in [-0.4, -0.2) is 27.4 Å². The Balaban J connectivity index is 0.000000195. The number of nitro benzene ring substituents is 2. The van der Waals surface area contributed by atoms with Crippen LogP contribution in [0.2, 0.25) is 0 Å². The molecule has 0 spiro atoms. The van der Waals surface area contributed by atoms with Crippen molar-refractivity contribution in [2.24, 2.45) is 14.1 Å². The maximum Gasteiger partial charge on any atom is 0.277 e. The number of benzene rings is 2. The van der Waals surface area contributed by atoms with Gasteiger partial charge in [-0.25, -0.2) is 9.13 Å². The number of aromatic nitrogens is 2. The molecule has 0 N–H and O–H groups in total. The monoisotopic (exact) mass is 474 g/mol. The summed E-state index contributed by atoms with van der Waals surface area (Å²) in [5.41, 5.74) is 0.311. The van der Waals surface area contributed by atoms with Gasteiger partial charge in [-0.05, 0) is 12.1 Å². The summed E-state index contributed by atoms with van der Waals surface area (Å²) >= 11 is 0. The average molecular weight is 474 g/mol. The van der Waals surface area contributed by atoms with Crippen LogP contribution in [-0.2, 0) is 24.5 Å². The largest absolute Gasteiger partial charge is 0.759 e. The quantitative estimate of drug-likeness (QED) is 0.139. The van der Waals surface area contributed by atoms with Crippen molar-refractivity contribution in [3.05, 3.63) is 93.5 Å². The van der Waals surface area contributed by atoms with Crippen LogP contribution in [0.3, 0.4) is 0 Å². The van der Waals surface area contributed by atoms with E-state index in [-0.39, 0.29) is 21.2 Å². The third-order valence-electron chi connectivity index (χ3n) is 4.27. The van der Waals surface area contributed by atoms with Crippen molar-refractivity contribution in [2.75, 3.05) is 0 Å². The highest BCUT2D eigenvalue weighted by atomic mass is 32.3. The van der Waals surface area contributed by atoms with E-state index in [0.29, 0.717) is 10.8 Å². The summed E-state index contributed by atoms with van der Waals surface area (Å²) in [6.07, 6.45) is 7.33. The summed E-state index contributed by atoms with van der Waals surface area (Å²) in [6, 6.07) is 13.7. The Morgan fingerprint density at radius 3 is 1.33 bits per heavy atom. The fourth-order valence-corrected chi connectivity index (χ4v) is 2.96. The highest BCUT2D eigenvalue weighted by Gasteiger charge is 2.13. The zero-order valence-corrected chi connectivity index (χ0v) is 18.2. The normalized spacial score (nSPS) is 10.5. The Bertz CT molecular complexity index is 1340. The SMILES string of the molecule is C[n+]1ccc2c([N+](=O)[O-])cccc2c1.C[n+]1ccc2c([N+](=O)[O-])cccc2c1.O=S(=O)([O-])[O-]. The standard InChI is InChI=1S/2C10H9N2O2.H2O4S/c2*1-11-6-5-9-8(7-11)3-2-4-10(9)12(13)14;1-5(2,3)4/h2*2-7H,1H3;(H2,1,2,3,4)/q2*+1;/p-2. The Morgan fingerprint density at radius 2 is 1.03 bits per heavy atom. The van der Waals surface area contributed by atoms with Crippen LogP contribution < -0.4 is 9.13 Å².